The molecule has 0 aliphatic rings. The maximum atomic E-state index is 11.4. The van der Waals surface area contributed by atoms with Crippen LogP contribution in [0.3, 0.4) is 0 Å². The first-order valence-corrected chi connectivity index (χ1v) is 5.83. The van der Waals surface area contributed by atoms with Gasteiger partial charge in [-0.2, -0.15) is 0 Å². The van der Waals surface area contributed by atoms with Crippen LogP contribution in [0.5, 0.6) is 5.75 Å². The van der Waals surface area contributed by atoms with Gasteiger partial charge < -0.3 is 9.47 Å². The lowest BCUT2D eigenvalue weighted by Crippen LogP contribution is -2.18. The van der Waals surface area contributed by atoms with Crippen LogP contribution in [0.2, 0.25) is 0 Å². The lowest BCUT2D eigenvalue weighted by Gasteiger charge is -2.00. The predicted octanol–water partition coefficient (Wildman–Crippen LogP) is 2.49. The number of para-hydroxylation sites is 1. The van der Waals surface area contributed by atoms with Crippen molar-refractivity contribution in [2.24, 2.45) is 0 Å². The van der Waals surface area contributed by atoms with Gasteiger partial charge in [-0.25, -0.2) is 4.79 Å². The summed E-state index contributed by atoms with van der Waals surface area (Å²) in [5.74, 6) is -1.32. The number of hydrogen-bond acceptors (Lipinski definition) is 4. The molecule has 0 fully saturated rings. The number of esters is 1. The quantitative estimate of drug-likeness (QED) is 0.186. The molecule has 0 amide bonds. The summed E-state index contributed by atoms with van der Waals surface area (Å²) >= 11 is 0. The molecule has 0 saturated heterocycles. The molecule has 0 saturated carbocycles. The van der Waals surface area contributed by atoms with Crippen LogP contribution in [0.1, 0.15) is 19.8 Å². The van der Waals surface area contributed by atoms with E-state index < -0.39 is 11.8 Å². The molecule has 0 aliphatic heterocycles. The predicted molar refractivity (Wildman–Crippen MR) is 67.1 cm³/mol. The zero-order valence-electron chi connectivity index (χ0n) is 10.3. The fourth-order valence-corrected chi connectivity index (χ4v) is 1.12. The minimum atomic E-state index is -0.920. The van der Waals surface area contributed by atoms with E-state index in [1.54, 1.807) is 30.3 Å². The second-order valence-corrected chi connectivity index (χ2v) is 3.59. The van der Waals surface area contributed by atoms with E-state index in [1.807, 2.05) is 6.92 Å². The molecule has 4 nitrogen and oxygen atoms in total. The summed E-state index contributed by atoms with van der Waals surface area (Å²) in [4.78, 5) is 22.7. The van der Waals surface area contributed by atoms with E-state index in [9.17, 15) is 9.59 Å². The number of hydrogen-bond donors (Lipinski definition) is 0. The zero-order chi connectivity index (χ0) is 13.2. The summed E-state index contributed by atoms with van der Waals surface area (Å²) in [5.41, 5.74) is 0. The molecule has 0 heterocycles. The molecule has 1 aromatic carbocycles. The van der Waals surface area contributed by atoms with Crippen LogP contribution in [0.15, 0.2) is 42.7 Å². The first-order valence-electron chi connectivity index (χ1n) is 5.83. The van der Waals surface area contributed by atoms with Gasteiger partial charge in [-0.05, 0) is 18.6 Å². The molecular formula is C14H16O4. The largest absolute Gasteiger partial charge is 0.501 e. The molecule has 0 unspecified atom stereocenters. The molecule has 0 aromatic heterocycles. The van der Waals surface area contributed by atoms with Crippen molar-refractivity contribution in [1.82, 2.24) is 0 Å². The van der Waals surface area contributed by atoms with Gasteiger partial charge in [-0.3, -0.25) is 4.79 Å². The van der Waals surface area contributed by atoms with Crippen molar-refractivity contribution in [2.45, 2.75) is 19.8 Å². The third-order valence-electron chi connectivity index (χ3n) is 2.09. The Labute approximate surface area is 106 Å². The topological polar surface area (TPSA) is 52.6 Å². The number of carbonyl (C=O) groups excluding carboxylic acids is 2. The lowest BCUT2D eigenvalue weighted by molar-refractivity contribution is -0.144. The molecule has 96 valence electrons. The van der Waals surface area contributed by atoms with Crippen molar-refractivity contribution >= 4 is 11.8 Å². The second-order valence-electron chi connectivity index (χ2n) is 3.59. The normalized spacial score (nSPS) is 10.3. The maximum absolute atomic E-state index is 11.4. The molecule has 18 heavy (non-hydrogen) atoms. The average Bonchev–Trinajstić information content (AvgIpc) is 2.39. The Morgan fingerprint density at radius 2 is 1.94 bits per heavy atom. The third kappa shape index (κ3) is 5.30. The molecule has 0 N–H and O–H groups in total. The van der Waals surface area contributed by atoms with E-state index in [0.29, 0.717) is 12.4 Å². The van der Waals surface area contributed by atoms with E-state index >= 15 is 0 Å². The van der Waals surface area contributed by atoms with E-state index in [2.05, 4.69) is 0 Å². The minimum absolute atomic E-state index is 0.344. The highest BCUT2D eigenvalue weighted by Gasteiger charge is 2.12. The van der Waals surface area contributed by atoms with Crippen LogP contribution < -0.4 is 4.74 Å². The van der Waals surface area contributed by atoms with Gasteiger partial charge in [0.2, 0.25) is 0 Å². The van der Waals surface area contributed by atoms with E-state index in [-0.39, 0.29) is 0 Å². The smallest absolute Gasteiger partial charge is 0.384 e. The summed E-state index contributed by atoms with van der Waals surface area (Å²) in [6.45, 7) is 2.57. The number of unbranched alkanes of at least 4 members (excludes halogenated alkanes) is 1. The van der Waals surface area contributed by atoms with Crippen LogP contribution in [0.4, 0.5) is 0 Å². The van der Waals surface area contributed by atoms with Gasteiger partial charge in [-0.15, -0.1) is 0 Å². The minimum Gasteiger partial charge on any atom is -0.501 e. The Morgan fingerprint density at radius 1 is 1.22 bits per heavy atom. The Kier molecular flexibility index (Phi) is 6.25. The summed E-state index contributed by atoms with van der Waals surface area (Å²) in [5, 5.41) is 0. The van der Waals surface area contributed by atoms with Crippen LogP contribution >= 0.6 is 0 Å². The fraction of sp³-hybridized carbons (Fsp3) is 0.286. The van der Waals surface area contributed by atoms with Gasteiger partial charge in [0, 0.05) is 6.08 Å². The molecule has 1 aromatic rings. The molecule has 0 aliphatic carbocycles. The highest BCUT2D eigenvalue weighted by molar-refractivity contribution is 6.38. The van der Waals surface area contributed by atoms with Gasteiger partial charge in [0.25, 0.3) is 5.78 Å². The summed E-state index contributed by atoms with van der Waals surface area (Å²) < 4.78 is 9.89. The van der Waals surface area contributed by atoms with Gasteiger partial charge in [0.1, 0.15) is 5.75 Å². The monoisotopic (exact) mass is 248 g/mol. The number of ether oxygens (including phenoxy) is 2. The summed E-state index contributed by atoms with van der Waals surface area (Å²) in [6.07, 6.45) is 4.22. The maximum Gasteiger partial charge on any atom is 0.384 e. The molecule has 0 bridgehead atoms. The average molecular weight is 248 g/mol. The van der Waals surface area contributed by atoms with Crippen LogP contribution in [-0.2, 0) is 14.3 Å². The van der Waals surface area contributed by atoms with E-state index in [0.717, 1.165) is 18.9 Å². The van der Waals surface area contributed by atoms with Gasteiger partial charge >= 0.3 is 5.97 Å². The van der Waals surface area contributed by atoms with Gasteiger partial charge in [-0.1, -0.05) is 31.5 Å². The van der Waals surface area contributed by atoms with Crippen molar-refractivity contribution in [3.05, 3.63) is 42.7 Å². The summed E-state index contributed by atoms with van der Waals surface area (Å²) in [6, 6.07) is 8.44. The molecular weight excluding hydrogens is 232 g/mol. The number of rotatable bonds is 7. The van der Waals surface area contributed by atoms with Gasteiger partial charge in [0.15, 0.2) is 0 Å². The zero-order valence-corrected chi connectivity index (χ0v) is 10.3. The molecule has 0 atom stereocenters. The molecule has 4 heteroatoms. The van der Waals surface area contributed by atoms with Crippen LogP contribution in [-0.4, -0.2) is 18.4 Å². The first kappa shape index (κ1) is 14.0. The Balaban J connectivity index is 2.35. The number of carbonyl (C=O) groups is 2. The van der Waals surface area contributed by atoms with Crippen molar-refractivity contribution in [3.63, 3.8) is 0 Å². The van der Waals surface area contributed by atoms with Gasteiger partial charge in [0.05, 0.1) is 12.9 Å². The standard InChI is InChI=1S/C14H16O4/c1-2-3-10-17-11-9-13(15)14(16)18-12-7-5-4-6-8-12/h4-9,11H,2-3,10H2,1H3. The number of benzene rings is 1. The van der Waals surface area contributed by atoms with Crippen LogP contribution in [0.25, 0.3) is 0 Å². The fourth-order valence-electron chi connectivity index (χ4n) is 1.12. The SMILES string of the molecule is CCCCOC=CC(=O)C(=O)Oc1ccccc1. The highest BCUT2D eigenvalue weighted by atomic mass is 16.5. The highest BCUT2D eigenvalue weighted by Crippen LogP contribution is 2.08. The Bertz CT molecular complexity index is 409. The van der Waals surface area contributed by atoms with Crippen molar-refractivity contribution in [3.8, 4) is 5.75 Å². The Hall–Kier alpha value is -2.10. The van der Waals surface area contributed by atoms with Crippen molar-refractivity contribution in [1.29, 1.82) is 0 Å². The van der Waals surface area contributed by atoms with Crippen molar-refractivity contribution < 1.29 is 19.1 Å². The summed E-state index contributed by atoms with van der Waals surface area (Å²) in [7, 11) is 0. The van der Waals surface area contributed by atoms with Crippen molar-refractivity contribution in [2.75, 3.05) is 6.61 Å². The lowest BCUT2D eigenvalue weighted by atomic mass is 10.3. The Morgan fingerprint density at radius 3 is 2.61 bits per heavy atom. The molecule has 1 rings (SSSR count). The number of ketones is 1. The van der Waals surface area contributed by atoms with E-state index in [1.165, 1.54) is 6.26 Å². The first-order chi connectivity index (χ1) is 8.74. The molecule has 0 spiro atoms. The second kappa shape index (κ2) is 8.06. The van der Waals surface area contributed by atoms with E-state index in [4.69, 9.17) is 9.47 Å². The molecule has 0 radical (unpaired) electrons. The van der Waals surface area contributed by atoms with Crippen LogP contribution in [0, 0.1) is 0 Å². The third-order valence-corrected chi connectivity index (χ3v) is 2.09.